The number of anilines is 1. The van der Waals surface area contributed by atoms with Crippen LogP contribution >= 0.6 is 0 Å². The predicted molar refractivity (Wildman–Crippen MR) is 112 cm³/mol. The number of carbonyl (C=O) groups is 1. The van der Waals surface area contributed by atoms with Crippen molar-refractivity contribution in [2.24, 2.45) is 5.92 Å². The molecule has 30 heavy (non-hydrogen) atoms. The maximum Gasteiger partial charge on any atom is 0.241 e. The average molecular weight is 408 g/mol. The fourth-order valence-corrected chi connectivity index (χ4v) is 3.75. The molecule has 3 aromatic rings. The Kier molecular flexibility index (Phi) is 5.90. The Morgan fingerprint density at radius 2 is 2.03 bits per heavy atom. The van der Waals surface area contributed by atoms with Crippen LogP contribution in [-0.2, 0) is 11.3 Å². The number of hydrogen-bond acceptors (Lipinski definition) is 5. The van der Waals surface area contributed by atoms with Crippen LogP contribution in [0.3, 0.4) is 0 Å². The van der Waals surface area contributed by atoms with Crippen LogP contribution in [0.2, 0.25) is 0 Å². The molecule has 1 aliphatic rings. The summed E-state index contributed by atoms with van der Waals surface area (Å²) in [5.74, 6) is 0.584. The highest BCUT2D eigenvalue weighted by Gasteiger charge is 2.27. The fraction of sp³-hybridized carbons (Fsp3) is 0.348. The van der Waals surface area contributed by atoms with E-state index in [1.807, 2.05) is 32.0 Å². The molecule has 1 atom stereocenters. The molecule has 2 heterocycles. The zero-order chi connectivity index (χ0) is 21.1. The van der Waals surface area contributed by atoms with Gasteiger partial charge in [0.1, 0.15) is 5.82 Å². The molecule has 2 aromatic carbocycles. The highest BCUT2D eigenvalue weighted by molar-refractivity contribution is 5.93. The first-order valence-corrected chi connectivity index (χ1v) is 10.2. The van der Waals surface area contributed by atoms with E-state index in [4.69, 9.17) is 4.52 Å². The van der Waals surface area contributed by atoms with Crippen molar-refractivity contribution in [1.29, 1.82) is 0 Å². The summed E-state index contributed by atoms with van der Waals surface area (Å²) in [5.41, 5.74) is 3.75. The van der Waals surface area contributed by atoms with Crippen molar-refractivity contribution in [3.63, 3.8) is 0 Å². The SMILES string of the molecule is Cc1ccc(C)c(NC(=O)C2CCCN(Cc3nc(-c4ccc(F)cc4)no3)C2)c1. The molecule has 1 N–H and O–H groups in total. The maximum absolute atomic E-state index is 13.1. The second-order valence-electron chi connectivity index (χ2n) is 7.90. The van der Waals surface area contributed by atoms with Gasteiger partial charge in [-0.2, -0.15) is 4.98 Å². The lowest BCUT2D eigenvalue weighted by molar-refractivity contribution is -0.121. The van der Waals surface area contributed by atoms with Gasteiger partial charge in [0.15, 0.2) is 0 Å². The first-order chi connectivity index (χ1) is 14.5. The summed E-state index contributed by atoms with van der Waals surface area (Å²) in [6, 6.07) is 12.1. The molecule has 4 rings (SSSR count). The number of carbonyl (C=O) groups excluding carboxylic acids is 1. The Balaban J connectivity index is 1.38. The van der Waals surface area contributed by atoms with Crippen LogP contribution in [0.15, 0.2) is 47.0 Å². The van der Waals surface area contributed by atoms with E-state index in [-0.39, 0.29) is 17.6 Å². The Morgan fingerprint density at radius 3 is 2.83 bits per heavy atom. The maximum atomic E-state index is 13.1. The smallest absolute Gasteiger partial charge is 0.241 e. The van der Waals surface area contributed by atoms with Gasteiger partial charge in [-0.05, 0) is 74.7 Å². The number of halogens is 1. The van der Waals surface area contributed by atoms with Crippen LogP contribution < -0.4 is 5.32 Å². The summed E-state index contributed by atoms with van der Waals surface area (Å²) >= 11 is 0. The molecular formula is C23H25FN4O2. The van der Waals surface area contributed by atoms with Crippen LogP contribution in [0, 0.1) is 25.6 Å². The van der Waals surface area contributed by atoms with Gasteiger partial charge in [-0.3, -0.25) is 9.69 Å². The van der Waals surface area contributed by atoms with Crippen molar-refractivity contribution < 1.29 is 13.7 Å². The molecule has 156 valence electrons. The number of hydrogen-bond donors (Lipinski definition) is 1. The largest absolute Gasteiger partial charge is 0.338 e. The third kappa shape index (κ3) is 4.74. The van der Waals surface area contributed by atoms with Crippen molar-refractivity contribution in [1.82, 2.24) is 15.0 Å². The molecule has 1 unspecified atom stereocenters. The first-order valence-electron chi connectivity index (χ1n) is 10.2. The number of likely N-dealkylation sites (tertiary alicyclic amines) is 1. The quantitative estimate of drug-likeness (QED) is 0.680. The Labute approximate surface area is 175 Å². The molecule has 6 nitrogen and oxygen atoms in total. The Hall–Kier alpha value is -3.06. The van der Waals surface area contributed by atoms with Gasteiger partial charge >= 0.3 is 0 Å². The summed E-state index contributed by atoms with van der Waals surface area (Å²) in [6.45, 7) is 6.02. The number of nitrogens with one attached hydrogen (secondary N) is 1. The van der Waals surface area contributed by atoms with E-state index in [1.165, 1.54) is 12.1 Å². The van der Waals surface area contributed by atoms with Crippen molar-refractivity contribution in [3.8, 4) is 11.4 Å². The Morgan fingerprint density at radius 1 is 1.23 bits per heavy atom. The van der Waals surface area contributed by atoms with Gasteiger partial charge in [0, 0.05) is 17.8 Å². The van der Waals surface area contributed by atoms with Gasteiger partial charge in [-0.25, -0.2) is 4.39 Å². The standard InChI is InChI=1S/C23H25FN4O2/c1-15-5-6-16(2)20(12-15)25-23(29)18-4-3-11-28(13-18)14-21-26-22(27-30-21)17-7-9-19(24)10-8-17/h5-10,12,18H,3-4,11,13-14H2,1-2H3,(H,25,29). The second-order valence-corrected chi connectivity index (χ2v) is 7.90. The lowest BCUT2D eigenvalue weighted by Crippen LogP contribution is -2.40. The molecule has 0 radical (unpaired) electrons. The zero-order valence-electron chi connectivity index (χ0n) is 17.2. The summed E-state index contributed by atoms with van der Waals surface area (Å²) in [6.07, 6.45) is 1.79. The van der Waals surface area contributed by atoms with E-state index in [1.54, 1.807) is 12.1 Å². The van der Waals surface area contributed by atoms with E-state index in [2.05, 4.69) is 20.4 Å². The van der Waals surface area contributed by atoms with E-state index in [9.17, 15) is 9.18 Å². The normalized spacial score (nSPS) is 17.1. The zero-order valence-corrected chi connectivity index (χ0v) is 17.2. The number of aromatic nitrogens is 2. The number of piperidine rings is 1. The van der Waals surface area contributed by atoms with Crippen LogP contribution in [0.4, 0.5) is 10.1 Å². The lowest BCUT2D eigenvalue weighted by atomic mass is 9.96. The molecule has 1 saturated heterocycles. The van der Waals surface area contributed by atoms with Crippen LogP contribution in [0.1, 0.15) is 29.9 Å². The average Bonchev–Trinajstić information content (AvgIpc) is 3.20. The number of benzene rings is 2. The molecule has 1 aliphatic heterocycles. The van der Waals surface area contributed by atoms with Gasteiger partial charge in [0.25, 0.3) is 0 Å². The predicted octanol–water partition coefficient (Wildman–Crippen LogP) is 4.34. The minimum atomic E-state index is -0.305. The summed E-state index contributed by atoms with van der Waals surface area (Å²) in [5, 5.41) is 7.08. The third-order valence-corrected chi connectivity index (χ3v) is 5.46. The third-order valence-electron chi connectivity index (χ3n) is 5.46. The van der Waals surface area contributed by atoms with E-state index >= 15 is 0 Å². The molecule has 0 spiro atoms. The first kappa shape index (κ1) is 20.2. The monoisotopic (exact) mass is 408 g/mol. The summed E-state index contributed by atoms with van der Waals surface area (Å²) in [7, 11) is 0. The van der Waals surface area contributed by atoms with E-state index < -0.39 is 0 Å². The van der Waals surface area contributed by atoms with Gasteiger partial charge < -0.3 is 9.84 Å². The molecule has 0 saturated carbocycles. The fourth-order valence-electron chi connectivity index (χ4n) is 3.75. The number of amides is 1. The van der Waals surface area contributed by atoms with E-state index in [0.29, 0.717) is 30.4 Å². The minimum Gasteiger partial charge on any atom is -0.338 e. The molecule has 1 amide bonds. The molecular weight excluding hydrogens is 383 g/mol. The second kappa shape index (κ2) is 8.75. The van der Waals surface area contributed by atoms with Gasteiger partial charge in [-0.1, -0.05) is 17.3 Å². The molecule has 1 fully saturated rings. The van der Waals surface area contributed by atoms with Crippen LogP contribution in [-0.4, -0.2) is 34.0 Å². The van der Waals surface area contributed by atoms with Crippen LogP contribution in [0.5, 0.6) is 0 Å². The van der Waals surface area contributed by atoms with Crippen molar-refractivity contribution in [3.05, 3.63) is 65.3 Å². The molecule has 0 aliphatic carbocycles. The van der Waals surface area contributed by atoms with Gasteiger partial charge in [-0.15, -0.1) is 0 Å². The van der Waals surface area contributed by atoms with Gasteiger partial charge in [0.05, 0.1) is 12.5 Å². The van der Waals surface area contributed by atoms with Crippen LogP contribution in [0.25, 0.3) is 11.4 Å². The van der Waals surface area contributed by atoms with Crippen molar-refractivity contribution in [2.75, 3.05) is 18.4 Å². The van der Waals surface area contributed by atoms with Crippen molar-refractivity contribution in [2.45, 2.75) is 33.2 Å². The summed E-state index contributed by atoms with van der Waals surface area (Å²) in [4.78, 5) is 19.4. The minimum absolute atomic E-state index is 0.0472. The Bertz CT molecular complexity index is 1030. The van der Waals surface area contributed by atoms with E-state index in [0.717, 1.165) is 36.2 Å². The highest BCUT2D eigenvalue weighted by Crippen LogP contribution is 2.23. The number of aryl methyl sites for hydroxylation is 2. The number of nitrogens with zero attached hydrogens (tertiary/aromatic N) is 3. The lowest BCUT2D eigenvalue weighted by Gasteiger charge is -2.31. The summed E-state index contributed by atoms with van der Waals surface area (Å²) < 4.78 is 18.5. The molecule has 0 bridgehead atoms. The topological polar surface area (TPSA) is 71.3 Å². The highest BCUT2D eigenvalue weighted by atomic mass is 19.1. The van der Waals surface area contributed by atoms with Gasteiger partial charge in [0.2, 0.25) is 17.6 Å². The number of rotatable bonds is 5. The van der Waals surface area contributed by atoms with Crippen molar-refractivity contribution >= 4 is 11.6 Å². The molecule has 7 heteroatoms. The molecule has 1 aromatic heterocycles.